The SMILES string of the molecule is CNCc1sc(N(C)CC2CCCN2C)nc1C(C)C. The number of rotatable bonds is 6. The summed E-state index contributed by atoms with van der Waals surface area (Å²) in [6, 6.07) is 0.680. The molecular weight excluding hydrogens is 268 g/mol. The maximum atomic E-state index is 4.88. The number of hydrogen-bond donors (Lipinski definition) is 1. The Kier molecular flexibility index (Phi) is 5.41. The van der Waals surface area contributed by atoms with Crippen molar-refractivity contribution in [3.63, 3.8) is 0 Å². The molecule has 1 aromatic heterocycles. The first-order valence-corrected chi connectivity index (χ1v) is 8.40. The lowest BCUT2D eigenvalue weighted by Crippen LogP contribution is -2.36. The van der Waals surface area contributed by atoms with E-state index >= 15 is 0 Å². The number of nitrogens with one attached hydrogen (secondary N) is 1. The second-order valence-corrected chi connectivity index (χ2v) is 7.21. The Hall–Kier alpha value is -0.650. The van der Waals surface area contributed by atoms with Crippen LogP contribution in [0.2, 0.25) is 0 Å². The molecule has 1 saturated heterocycles. The molecule has 1 aromatic rings. The highest BCUT2D eigenvalue weighted by atomic mass is 32.1. The lowest BCUT2D eigenvalue weighted by molar-refractivity contribution is 0.314. The van der Waals surface area contributed by atoms with Crippen molar-refractivity contribution in [3.8, 4) is 0 Å². The van der Waals surface area contributed by atoms with E-state index in [-0.39, 0.29) is 0 Å². The number of likely N-dealkylation sites (tertiary alicyclic amines) is 1. The molecule has 0 aromatic carbocycles. The number of aromatic nitrogens is 1. The number of hydrogen-bond acceptors (Lipinski definition) is 5. The second kappa shape index (κ2) is 6.87. The van der Waals surface area contributed by atoms with Crippen LogP contribution < -0.4 is 10.2 Å². The average Bonchev–Trinajstić information content (AvgIpc) is 2.97. The fourth-order valence-electron chi connectivity index (χ4n) is 2.86. The number of nitrogens with zero attached hydrogens (tertiary/aromatic N) is 3. The molecule has 0 spiro atoms. The summed E-state index contributed by atoms with van der Waals surface area (Å²) in [4.78, 5) is 11.1. The number of anilines is 1. The third-order valence-corrected chi connectivity index (χ3v) is 5.27. The highest BCUT2D eigenvalue weighted by molar-refractivity contribution is 7.15. The van der Waals surface area contributed by atoms with Crippen LogP contribution in [0.5, 0.6) is 0 Å². The van der Waals surface area contributed by atoms with E-state index in [1.807, 2.05) is 18.4 Å². The average molecular weight is 296 g/mol. The highest BCUT2D eigenvalue weighted by Gasteiger charge is 2.24. The minimum Gasteiger partial charge on any atom is -0.350 e. The minimum atomic E-state index is 0.492. The van der Waals surface area contributed by atoms with Crippen molar-refractivity contribution in [3.05, 3.63) is 10.6 Å². The van der Waals surface area contributed by atoms with Crippen LogP contribution in [0.25, 0.3) is 0 Å². The minimum absolute atomic E-state index is 0.492. The van der Waals surface area contributed by atoms with Gasteiger partial charge in [0.2, 0.25) is 0 Å². The fourth-order valence-corrected chi connectivity index (χ4v) is 4.05. The van der Waals surface area contributed by atoms with Crippen molar-refractivity contribution in [1.29, 1.82) is 0 Å². The van der Waals surface area contributed by atoms with E-state index in [1.54, 1.807) is 0 Å². The van der Waals surface area contributed by atoms with Gasteiger partial charge in [0.1, 0.15) is 0 Å². The largest absolute Gasteiger partial charge is 0.350 e. The predicted octanol–water partition coefficient (Wildman–Crippen LogP) is 2.52. The summed E-state index contributed by atoms with van der Waals surface area (Å²) in [7, 11) is 6.41. The Balaban J connectivity index is 2.09. The van der Waals surface area contributed by atoms with Gasteiger partial charge in [-0.05, 0) is 39.4 Å². The quantitative estimate of drug-likeness (QED) is 0.874. The molecule has 1 aliphatic rings. The van der Waals surface area contributed by atoms with E-state index in [1.165, 1.54) is 35.1 Å². The highest BCUT2D eigenvalue weighted by Crippen LogP contribution is 2.31. The van der Waals surface area contributed by atoms with E-state index in [4.69, 9.17) is 4.98 Å². The first-order chi connectivity index (χ1) is 9.52. The zero-order valence-electron chi connectivity index (χ0n) is 13.4. The first kappa shape index (κ1) is 15.7. The van der Waals surface area contributed by atoms with Gasteiger partial charge in [0, 0.05) is 31.1 Å². The molecule has 1 unspecified atom stereocenters. The van der Waals surface area contributed by atoms with Crippen molar-refractivity contribution in [1.82, 2.24) is 15.2 Å². The van der Waals surface area contributed by atoms with Gasteiger partial charge in [-0.2, -0.15) is 0 Å². The Morgan fingerprint density at radius 3 is 2.80 bits per heavy atom. The summed E-state index contributed by atoms with van der Waals surface area (Å²) in [5.41, 5.74) is 1.26. The van der Waals surface area contributed by atoms with Crippen LogP contribution in [-0.2, 0) is 6.54 Å². The molecule has 2 heterocycles. The molecule has 114 valence electrons. The van der Waals surface area contributed by atoms with Gasteiger partial charge in [0.15, 0.2) is 5.13 Å². The molecule has 4 nitrogen and oxygen atoms in total. The van der Waals surface area contributed by atoms with E-state index in [0.717, 1.165) is 13.1 Å². The van der Waals surface area contributed by atoms with E-state index < -0.39 is 0 Å². The van der Waals surface area contributed by atoms with Crippen LogP contribution in [0.1, 0.15) is 43.2 Å². The van der Waals surface area contributed by atoms with Crippen molar-refractivity contribution >= 4 is 16.5 Å². The van der Waals surface area contributed by atoms with Crippen LogP contribution in [-0.4, -0.2) is 50.2 Å². The van der Waals surface area contributed by atoms with Crippen molar-refractivity contribution < 1.29 is 0 Å². The molecule has 0 amide bonds. The zero-order valence-corrected chi connectivity index (χ0v) is 14.3. The van der Waals surface area contributed by atoms with Gasteiger partial charge in [-0.1, -0.05) is 13.8 Å². The summed E-state index contributed by atoms with van der Waals surface area (Å²) >= 11 is 1.84. The summed E-state index contributed by atoms with van der Waals surface area (Å²) in [6.07, 6.45) is 2.64. The van der Waals surface area contributed by atoms with E-state index in [9.17, 15) is 0 Å². The van der Waals surface area contributed by atoms with Gasteiger partial charge in [0.25, 0.3) is 0 Å². The molecule has 20 heavy (non-hydrogen) atoms. The molecule has 0 aliphatic carbocycles. The zero-order chi connectivity index (χ0) is 14.7. The van der Waals surface area contributed by atoms with Gasteiger partial charge in [-0.15, -0.1) is 11.3 Å². The van der Waals surface area contributed by atoms with E-state index in [0.29, 0.717) is 12.0 Å². The van der Waals surface area contributed by atoms with Gasteiger partial charge in [0.05, 0.1) is 5.69 Å². The van der Waals surface area contributed by atoms with Gasteiger partial charge < -0.3 is 15.1 Å². The Labute approximate surface area is 127 Å². The molecule has 1 aliphatic heterocycles. The molecule has 1 fully saturated rings. The summed E-state index contributed by atoms with van der Waals surface area (Å²) in [5.74, 6) is 0.492. The molecule has 5 heteroatoms. The number of thiazole rings is 1. The van der Waals surface area contributed by atoms with Crippen LogP contribution in [0, 0.1) is 0 Å². The molecule has 1 atom stereocenters. The summed E-state index contributed by atoms with van der Waals surface area (Å²) < 4.78 is 0. The lowest BCUT2D eigenvalue weighted by Gasteiger charge is -2.25. The van der Waals surface area contributed by atoms with Gasteiger partial charge in [-0.3, -0.25) is 0 Å². The summed E-state index contributed by atoms with van der Waals surface area (Å²) in [6.45, 7) is 7.69. The lowest BCUT2D eigenvalue weighted by atomic mass is 10.1. The maximum absolute atomic E-state index is 4.88. The maximum Gasteiger partial charge on any atom is 0.185 e. The Morgan fingerprint density at radius 2 is 2.25 bits per heavy atom. The molecule has 2 rings (SSSR count). The van der Waals surface area contributed by atoms with Crippen molar-refractivity contribution in [2.24, 2.45) is 0 Å². The number of likely N-dealkylation sites (N-methyl/N-ethyl adjacent to an activating group) is 2. The van der Waals surface area contributed by atoms with Crippen LogP contribution >= 0.6 is 11.3 Å². The Bertz CT molecular complexity index is 430. The molecule has 0 saturated carbocycles. The smallest absolute Gasteiger partial charge is 0.185 e. The van der Waals surface area contributed by atoms with Crippen LogP contribution in [0.15, 0.2) is 0 Å². The van der Waals surface area contributed by atoms with Gasteiger partial charge >= 0.3 is 0 Å². The normalized spacial score (nSPS) is 20.0. The monoisotopic (exact) mass is 296 g/mol. The topological polar surface area (TPSA) is 31.4 Å². The molecule has 0 radical (unpaired) electrons. The third kappa shape index (κ3) is 3.51. The standard InChI is InChI=1S/C15H28N4S/c1-11(2)14-13(9-16-3)20-15(17-14)19(5)10-12-7-6-8-18(12)4/h11-12,16H,6-10H2,1-5H3. The van der Waals surface area contributed by atoms with Crippen molar-refractivity contribution in [2.45, 2.75) is 45.2 Å². The predicted molar refractivity (Wildman–Crippen MR) is 87.9 cm³/mol. The Morgan fingerprint density at radius 1 is 1.50 bits per heavy atom. The first-order valence-electron chi connectivity index (χ1n) is 7.58. The summed E-state index contributed by atoms with van der Waals surface area (Å²) in [5, 5.41) is 4.42. The molecule has 1 N–H and O–H groups in total. The van der Waals surface area contributed by atoms with Gasteiger partial charge in [-0.25, -0.2) is 4.98 Å². The van der Waals surface area contributed by atoms with E-state index in [2.05, 4.69) is 43.1 Å². The third-order valence-electron chi connectivity index (χ3n) is 4.08. The van der Waals surface area contributed by atoms with Crippen LogP contribution in [0.3, 0.4) is 0 Å². The second-order valence-electron chi connectivity index (χ2n) is 6.15. The van der Waals surface area contributed by atoms with Crippen LogP contribution in [0.4, 0.5) is 5.13 Å². The molecule has 0 bridgehead atoms. The van der Waals surface area contributed by atoms with Crippen molar-refractivity contribution in [2.75, 3.05) is 39.1 Å². The molecular formula is C15H28N4S. The fraction of sp³-hybridized carbons (Fsp3) is 0.800.